The van der Waals surface area contributed by atoms with Crippen LogP contribution >= 0.6 is 34.5 Å². The number of aryl methyl sites for hydroxylation is 1. The van der Waals surface area contributed by atoms with Crippen molar-refractivity contribution in [3.8, 4) is 0 Å². The summed E-state index contributed by atoms with van der Waals surface area (Å²) in [5, 5.41) is 9.29. The monoisotopic (exact) mass is 529 g/mol. The van der Waals surface area contributed by atoms with E-state index in [-0.39, 0.29) is 23.9 Å². The van der Waals surface area contributed by atoms with Crippen LogP contribution in [0.15, 0.2) is 45.5 Å². The maximum absolute atomic E-state index is 13.6. The number of hydrogen-bond donors (Lipinski definition) is 1. The van der Waals surface area contributed by atoms with E-state index in [1.165, 1.54) is 11.3 Å². The Hall–Kier alpha value is -2.81. The molecule has 1 N–H and O–H groups in total. The van der Waals surface area contributed by atoms with Crippen molar-refractivity contribution in [1.29, 1.82) is 0 Å². The summed E-state index contributed by atoms with van der Waals surface area (Å²) in [5.74, 6) is 0.401. The fourth-order valence-corrected chi connectivity index (χ4v) is 6.49. The fraction of sp³-hybridized carbons (Fsp3) is 0.320. The molecule has 180 valence electrons. The summed E-state index contributed by atoms with van der Waals surface area (Å²) >= 11 is 13.8. The molecule has 35 heavy (non-hydrogen) atoms. The summed E-state index contributed by atoms with van der Waals surface area (Å²) in [6, 6.07) is 8.79. The quantitative estimate of drug-likeness (QED) is 0.347. The van der Waals surface area contributed by atoms with Gasteiger partial charge in [-0.2, -0.15) is 0 Å². The van der Waals surface area contributed by atoms with Gasteiger partial charge in [-0.15, -0.1) is 0 Å². The van der Waals surface area contributed by atoms with Gasteiger partial charge < -0.3 is 19.2 Å². The Morgan fingerprint density at radius 2 is 2.06 bits per heavy atom. The number of hydrogen-bond acceptors (Lipinski definition) is 6. The molecule has 1 saturated heterocycles. The zero-order chi connectivity index (χ0) is 24.1. The molecular formula is C25H21Cl2N3O4S. The SMILES string of the molecule is O=C(NC1CCc2onc(C(=O)N3CCCC3c3ccc(Cl)cc3Cl)c2C1)c1cc2ccoc2s1. The average molecular weight is 530 g/mol. The van der Waals surface area contributed by atoms with Crippen molar-refractivity contribution in [1.82, 2.24) is 15.4 Å². The van der Waals surface area contributed by atoms with E-state index in [0.717, 1.165) is 40.7 Å². The smallest absolute Gasteiger partial charge is 0.276 e. The van der Waals surface area contributed by atoms with E-state index in [2.05, 4.69) is 10.5 Å². The fourth-order valence-electron chi connectivity index (χ4n) is 5.07. The molecule has 4 heterocycles. The Kier molecular flexibility index (Phi) is 5.82. The van der Waals surface area contributed by atoms with Crippen molar-refractivity contribution < 1.29 is 18.5 Å². The third kappa shape index (κ3) is 4.13. The van der Waals surface area contributed by atoms with Crippen LogP contribution in [0.3, 0.4) is 0 Å². The van der Waals surface area contributed by atoms with Gasteiger partial charge in [0.1, 0.15) is 5.76 Å². The summed E-state index contributed by atoms with van der Waals surface area (Å²) in [6.07, 6.45) is 5.12. The van der Waals surface area contributed by atoms with E-state index in [1.807, 2.05) is 23.1 Å². The Morgan fingerprint density at radius 3 is 2.89 bits per heavy atom. The molecule has 0 saturated carbocycles. The normalized spacial score (nSPS) is 19.8. The van der Waals surface area contributed by atoms with E-state index < -0.39 is 0 Å². The molecule has 2 amide bonds. The van der Waals surface area contributed by atoms with Crippen LogP contribution in [0.4, 0.5) is 0 Å². The third-order valence-corrected chi connectivity index (χ3v) is 8.39. The number of benzene rings is 1. The lowest BCUT2D eigenvalue weighted by Gasteiger charge is -2.26. The highest BCUT2D eigenvalue weighted by Gasteiger charge is 2.37. The van der Waals surface area contributed by atoms with Gasteiger partial charge in [0.25, 0.3) is 11.8 Å². The second kappa shape index (κ2) is 9.00. The maximum Gasteiger partial charge on any atom is 0.276 e. The van der Waals surface area contributed by atoms with Gasteiger partial charge in [0.05, 0.1) is 17.2 Å². The zero-order valence-electron chi connectivity index (χ0n) is 18.6. The van der Waals surface area contributed by atoms with Crippen LogP contribution in [0.1, 0.15) is 62.4 Å². The minimum atomic E-state index is -0.172. The van der Waals surface area contributed by atoms with Gasteiger partial charge in [0.2, 0.25) is 0 Å². The number of carbonyl (C=O) groups is 2. The Morgan fingerprint density at radius 1 is 1.17 bits per heavy atom. The molecule has 2 aliphatic rings. The standard InChI is InChI=1S/C25H21Cl2N3O4S/c26-14-3-5-16(18(27)11-14)19-2-1-8-30(19)24(32)22-17-12-15(4-6-20(17)34-29-22)28-23(31)21-10-13-7-9-33-25(13)35-21/h3,5,7,9-11,15,19H,1-2,4,6,8,12H2,(H,28,31). The van der Waals surface area contributed by atoms with Crippen molar-refractivity contribution in [2.45, 2.75) is 44.2 Å². The van der Waals surface area contributed by atoms with Crippen LogP contribution < -0.4 is 5.32 Å². The van der Waals surface area contributed by atoms with Crippen LogP contribution in [0.25, 0.3) is 10.3 Å². The minimum Gasteiger partial charge on any atom is -0.454 e. The van der Waals surface area contributed by atoms with Crippen molar-refractivity contribution in [2.75, 3.05) is 6.54 Å². The number of thiophene rings is 1. The molecule has 4 aromatic rings. The van der Waals surface area contributed by atoms with Crippen LogP contribution in [-0.2, 0) is 12.8 Å². The van der Waals surface area contributed by atoms with Crippen LogP contribution in [0, 0.1) is 0 Å². The number of halogens is 2. The lowest BCUT2D eigenvalue weighted by molar-refractivity contribution is 0.0724. The van der Waals surface area contributed by atoms with E-state index in [4.69, 9.17) is 32.1 Å². The summed E-state index contributed by atoms with van der Waals surface area (Å²) in [7, 11) is 0. The van der Waals surface area contributed by atoms with Crippen LogP contribution in [0.5, 0.6) is 0 Å². The first-order valence-electron chi connectivity index (χ1n) is 11.5. The van der Waals surface area contributed by atoms with Crippen LogP contribution in [-0.4, -0.2) is 34.5 Å². The van der Waals surface area contributed by atoms with E-state index >= 15 is 0 Å². The molecule has 10 heteroatoms. The van der Waals surface area contributed by atoms with Crippen molar-refractivity contribution in [3.05, 3.63) is 74.1 Å². The molecule has 1 aliphatic carbocycles. The topological polar surface area (TPSA) is 88.6 Å². The Labute approximate surface area is 215 Å². The first-order chi connectivity index (χ1) is 17.0. The second-order valence-electron chi connectivity index (χ2n) is 8.94. The molecule has 0 spiro atoms. The van der Waals surface area contributed by atoms with Gasteiger partial charge in [0, 0.05) is 40.0 Å². The number of likely N-dealkylation sites (tertiary alicyclic amines) is 1. The van der Waals surface area contributed by atoms with Gasteiger partial charge in [-0.05, 0) is 55.5 Å². The summed E-state index contributed by atoms with van der Waals surface area (Å²) in [6.45, 7) is 0.615. The molecule has 1 fully saturated rings. The third-order valence-electron chi connectivity index (χ3n) is 6.78. The van der Waals surface area contributed by atoms with Crippen molar-refractivity contribution in [2.24, 2.45) is 0 Å². The predicted octanol–water partition coefficient (Wildman–Crippen LogP) is 6.05. The van der Waals surface area contributed by atoms with E-state index in [9.17, 15) is 9.59 Å². The van der Waals surface area contributed by atoms with Crippen molar-refractivity contribution in [3.63, 3.8) is 0 Å². The summed E-state index contributed by atoms with van der Waals surface area (Å²) < 4.78 is 10.9. The molecule has 2 unspecified atom stereocenters. The Bertz CT molecular complexity index is 1410. The number of carbonyl (C=O) groups excluding carboxylic acids is 2. The first kappa shape index (κ1) is 22.6. The molecular weight excluding hydrogens is 509 g/mol. The molecule has 0 radical (unpaired) electrons. The van der Waals surface area contributed by atoms with Gasteiger partial charge in [-0.3, -0.25) is 9.59 Å². The van der Waals surface area contributed by atoms with Gasteiger partial charge in [-0.25, -0.2) is 0 Å². The summed E-state index contributed by atoms with van der Waals surface area (Å²) in [5.41, 5.74) is 1.98. The number of amides is 2. The lowest BCUT2D eigenvalue weighted by atomic mass is 9.91. The number of aromatic nitrogens is 1. The number of nitrogens with zero attached hydrogens (tertiary/aromatic N) is 2. The number of rotatable bonds is 4. The molecule has 0 bridgehead atoms. The highest BCUT2D eigenvalue weighted by atomic mass is 35.5. The average Bonchev–Trinajstić information content (AvgIpc) is 3.61. The molecule has 3 aromatic heterocycles. The highest BCUT2D eigenvalue weighted by Crippen LogP contribution is 2.38. The lowest BCUT2D eigenvalue weighted by Crippen LogP contribution is -2.39. The van der Waals surface area contributed by atoms with Crippen molar-refractivity contribution >= 4 is 56.6 Å². The van der Waals surface area contributed by atoms with Gasteiger partial charge in [-0.1, -0.05) is 45.8 Å². The number of furan rings is 1. The predicted molar refractivity (Wildman–Crippen MR) is 133 cm³/mol. The molecule has 2 atom stereocenters. The van der Waals surface area contributed by atoms with Gasteiger partial charge in [0.15, 0.2) is 10.6 Å². The van der Waals surface area contributed by atoms with Gasteiger partial charge >= 0.3 is 0 Å². The maximum atomic E-state index is 13.6. The molecule has 6 rings (SSSR count). The number of nitrogens with one attached hydrogen (secondary N) is 1. The highest BCUT2D eigenvalue weighted by molar-refractivity contribution is 7.20. The Balaban J connectivity index is 1.20. The van der Waals surface area contributed by atoms with E-state index in [1.54, 1.807) is 18.4 Å². The molecule has 1 aliphatic heterocycles. The number of fused-ring (bicyclic) bond motifs is 2. The van der Waals surface area contributed by atoms with Crippen LogP contribution in [0.2, 0.25) is 10.0 Å². The largest absolute Gasteiger partial charge is 0.454 e. The summed E-state index contributed by atoms with van der Waals surface area (Å²) in [4.78, 5) is 29.6. The molecule has 7 nitrogen and oxygen atoms in total. The van der Waals surface area contributed by atoms with E-state index in [0.29, 0.717) is 45.8 Å². The zero-order valence-corrected chi connectivity index (χ0v) is 20.9. The minimum absolute atomic E-state index is 0.116. The second-order valence-corrected chi connectivity index (χ2v) is 10.8. The molecule has 1 aromatic carbocycles. The first-order valence-corrected chi connectivity index (χ1v) is 13.1.